The van der Waals surface area contributed by atoms with Crippen molar-refractivity contribution in [3.05, 3.63) is 60.9 Å². The lowest BCUT2D eigenvalue weighted by Crippen LogP contribution is -2.40. The van der Waals surface area contributed by atoms with Crippen molar-refractivity contribution in [3.8, 4) is 27.8 Å². The van der Waals surface area contributed by atoms with Gasteiger partial charge >= 0.3 is 0 Å². The van der Waals surface area contributed by atoms with Gasteiger partial charge in [0.2, 0.25) is 0 Å². The van der Waals surface area contributed by atoms with Crippen LogP contribution in [0.1, 0.15) is 19.3 Å². The van der Waals surface area contributed by atoms with Crippen LogP contribution in [0.4, 0.5) is 11.5 Å². The molecule has 1 aliphatic heterocycles. The monoisotopic (exact) mass is 570 g/mol. The second kappa shape index (κ2) is 12.3. The quantitative estimate of drug-likeness (QED) is 0.200. The van der Waals surface area contributed by atoms with Crippen molar-refractivity contribution < 1.29 is 14.2 Å². The second-order valence-corrected chi connectivity index (χ2v) is 11.2. The van der Waals surface area contributed by atoms with Crippen molar-refractivity contribution in [2.45, 2.75) is 25.3 Å². The third-order valence-electron chi connectivity index (χ3n) is 7.42. The molecule has 0 atom stereocenters. The van der Waals surface area contributed by atoms with Gasteiger partial charge < -0.3 is 30.2 Å². The molecule has 1 fully saturated rings. The number of nitrogens with two attached hydrogens (primary N) is 1. The number of anilines is 2. The van der Waals surface area contributed by atoms with Crippen molar-refractivity contribution in [1.82, 2.24) is 19.9 Å². The average molecular weight is 571 g/mol. The highest BCUT2D eigenvalue weighted by Gasteiger charge is 2.16. The van der Waals surface area contributed by atoms with Crippen LogP contribution in [0.15, 0.2) is 60.9 Å². The molecule has 212 valence electrons. The standard InChI is InChI=1S/C31H34N6O3S/c1-38-23-8-9-25-29(16-23)41-31(36-25)20-4-6-22(7-5-20)35-30-24-17-27(39-2)28(18-26(24)33-19-34-30)40-15-3-12-37-13-10-21(32)11-14-37/h4-9,16-19,21H,3,10-15,32H2,1-2H3,(H,33,34,35). The Morgan fingerprint density at radius 3 is 2.56 bits per heavy atom. The fourth-order valence-corrected chi connectivity index (χ4v) is 6.07. The molecule has 0 amide bonds. The molecule has 5 aromatic rings. The Hall–Kier alpha value is -3.99. The molecule has 2 aromatic heterocycles. The second-order valence-electron chi connectivity index (χ2n) is 10.2. The van der Waals surface area contributed by atoms with Crippen molar-refractivity contribution in [1.29, 1.82) is 0 Å². The van der Waals surface area contributed by atoms with Crippen LogP contribution < -0.4 is 25.3 Å². The summed E-state index contributed by atoms with van der Waals surface area (Å²) in [6, 6.07) is 18.3. The van der Waals surface area contributed by atoms with Crippen molar-refractivity contribution >= 4 is 44.0 Å². The van der Waals surface area contributed by atoms with Gasteiger partial charge in [-0.3, -0.25) is 0 Å². The van der Waals surface area contributed by atoms with Crippen molar-refractivity contribution in [2.75, 3.05) is 45.8 Å². The molecule has 3 N–H and O–H groups in total. The highest BCUT2D eigenvalue weighted by atomic mass is 32.1. The van der Waals surface area contributed by atoms with E-state index in [0.29, 0.717) is 30.0 Å². The zero-order chi connectivity index (χ0) is 28.2. The number of nitrogens with one attached hydrogen (secondary N) is 1. The number of fused-ring (bicyclic) bond motifs is 2. The number of piperidine rings is 1. The van der Waals surface area contributed by atoms with Gasteiger partial charge in [-0.25, -0.2) is 15.0 Å². The summed E-state index contributed by atoms with van der Waals surface area (Å²) in [5.74, 6) is 2.87. The van der Waals surface area contributed by atoms with Gasteiger partial charge in [-0.05, 0) is 80.9 Å². The summed E-state index contributed by atoms with van der Waals surface area (Å²) in [7, 11) is 3.33. The van der Waals surface area contributed by atoms with Crippen LogP contribution in [0.5, 0.6) is 17.2 Å². The van der Waals surface area contributed by atoms with E-state index in [4.69, 9.17) is 24.9 Å². The first-order valence-corrected chi connectivity index (χ1v) is 14.7. The molecule has 3 heterocycles. The van der Waals surface area contributed by atoms with E-state index in [0.717, 1.165) is 82.0 Å². The zero-order valence-electron chi connectivity index (χ0n) is 23.3. The molecule has 0 saturated carbocycles. The van der Waals surface area contributed by atoms with Gasteiger partial charge in [0.1, 0.15) is 22.9 Å². The van der Waals surface area contributed by atoms with Gasteiger partial charge in [-0.15, -0.1) is 11.3 Å². The van der Waals surface area contributed by atoms with Crippen LogP contribution >= 0.6 is 11.3 Å². The van der Waals surface area contributed by atoms with Crippen LogP contribution in [0, 0.1) is 0 Å². The number of hydrogen-bond donors (Lipinski definition) is 2. The minimum atomic E-state index is 0.347. The third kappa shape index (κ3) is 6.19. The SMILES string of the molecule is COc1ccc2nc(-c3ccc(Nc4ncnc5cc(OCCCN6CCC(N)CC6)c(OC)cc45)cc3)sc2c1. The van der Waals surface area contributed by atoms with E-state index in [-0.39, 0.29) is 0 Å². The zero-order valence-corrected chi connectivity index (χ0v) is 24.1. The number of likely N-dealkylation sites (tertiary alicyclic amines) is 1. The van der Waals surface area contributed by atoms with Gasteiger partial charge in [0, 0.05) is 35.3 Å². The molecule has 41 heavy (non-hydrogen) atoms. The Morgan fingerprint density at radius 2 is 1.78 bits per heavy atom. The summed E-state index contributed by atoms with van der Waals surface area (Å²) < 4.78 is 18.2. The predicted octanol–water partition coefficient (Wildman–Crippen LogP) is 5.86. The predicted molar refractivity (Wildman–Crippen MR) is 165 cm³/mol. The molecule has 0 aliphatic carbocycles. The van der Waals surface area contributed by atoms with Gasteiger partial charge in [0.05, 0.1) is 36.6 Å². The van der Waals surface area contributed by atoms with E-state index < -0.39 is 0 Å². The summed E-state index contributed by atoms with van der Waals surface area (Å²) in [5, 5.41) is 5.25. The summed E-state index contributed by atoms with van der Waals surface area (Å²) in [6.45, 7) is 3.74. The summed E-state index contributed by atoms with van der Waals surface area (Å²) in [6.07, 6.45) is 4.64. The van der Waals surface area contributed by atoms with Crippen LogP contribution in [0.3, 0.4) is 0 Å². The van der Waals surface area contributed by atoms with E-state index in [1.54, 1.807) is 31.9 Å². The maximum Gasteiger partial charge on any atom is 0.163 e. The lowest BCUT2D eigenvalue weighted by atomic mass is 10.1. The largest absolute Gasteiger partial charge is 0.497 e. The minimum absolute atomic E-state index is 0.347. The van der Waals surface area contributed by atoms with E-state index >= 15 is 0 Å². The number of nitrogens with zero attached hydrogens (tertiary/aromatic N) is 4. The molecule has 1 aliphatic rings. The van der Waals surface area contributed by atoms with E-state index in [2.05, 4.69) is 32.3 Å². The normalized spacial score (nSPS) is 14.4. The van der Waals surface area contributed by atoms with Crippen molar-refractivity contribution in [3.63, 3.8) is 0 Å². The Bertz CT molecular complexity index is 1630. The number of aromatic nitrogens is 3. The molecule has 0 unspecified atom stereocenters. The van der Waals surface area contributed by atoms with E-state index in [1.165, 1.54) is 0 Å². The lowest BCUT2D eigenvalue weighted by molar-refractivity contribution is 0.192. The maximum absolute atomic E-state index is 6.13. The number of ether oxygens (including phenoxy) is 3. The fourth-order valence-electron chi connectivity index (χ4n) is 5.07. The topological polar surface area (TPSA) is 108 Å². The molecule has 6 rings (SSSR count). The summed E-state index contributed by atoms with van der Waals surface area (Å²) in [4.78, 5) is 16.2. The smallest absolute Gasteiger partial charge is 0.163 e. The molecule has 9 nitrogen and oxygen atoms in total. The molecule has 0 radical (unpaired) electrons. The average Bonchev–Trinajstić information content (AvgIpc) is 3.44. The lowest BCUT2D eigenvalue weighted by Gasteiger charge is -2.29. The Kier molecular flexibility index (Phi) is 8.13. The molecule has 10 heteroatoms. The molecule has 3 aromatic carbocycles. The first-order valence-electron chi connectivity index (χ1n) is 13.8. The fraction of sp³-hybridized carbons (Fsp3) is 0.323. The number of methoxy groups -OCH3 is 2. The van der Waals surface area contributed by atoms with Crippen LogP contribution in [0.25, 0.3) is 31.7 Å². The molecular formula is C31H34N6O3S. The third-order valence-corrected chi connectivity index (χ3v) is 8.49. The first-order chi connectivity index (χ1) is 20.1. The van der Waals surface area contributed by atoms with Gasteiger partial charge in [-0.2, -0.15) is 0 Å². The van der Waals surface area contributed by atoms with Gasteiger partial charge in [-0.1, -0.05) is 0 Å². The maximum atomic E-state index is 6.13. The number of benzene rings is 3. The first kappa shape index (κ1) is 27.2. The summed E-state index contributed by atoms with van der Waals surface area (Å²) in [5.41, 5.74) is 9.73. The van der Waals surface area contributed by atoms with Gasteiger partial charge in [0.25, 0.3) is 0 Å². The van der Waals surface area contributed by atoms with Gasteiger partial charge in [0.15, 0.2) is 11.5 Å². The summed E-state index contributed by atoms with van der Waals surface area (Å²) >= 11 is 1.65. The van der Waals surface area contributed by atoms with E-state index in [9.17, 15) is 0 Å². The molecule has 0 spiro atoms. The highest BCUT2D eigenvalue weighted by molar-refractivity contribution is 7.21. The Balaban J connectivity index is 1.14. The number of thiazole rings is 1. The molecule has 0 bridgehead atoms. The number of rotatable bonds is 10. The molecular weight excluding hydrogens is 536 g/mol. The number of hydrogen-bond acceptors (Lipinski definition) is 10. The van der Waals surface area contributed by atoms with Crippen LogP contribution in [-0.2, 0) is 0 Å². The van der Waals surface area contributed by atoms with Crippen LogP contribution in [0.2, 0.25) is 0 Å². The Labute approximate surface area is 243 Å². The van der Waals surface area contributed by atoms with Crippen molar-refractivity contribution in [2.24, 2.45) is 5.73 Å². The molecule has 1 saturated heterocycles. The minimum Gasteiger partial charge on any atom is -0.497 e. The van der Waals surface area contributed by atoms with E-state index in [1.807, 2.05) is 42.5 Å². The highest BCUT2D eigenvalue weighted by Crippen LogP contribution is 2.36. The van der Waals surface area contributed by atoms with Crippen LogP contribution in [-0.4, -0.2) is 66.4 Å². The Morgan fingerprint density at radius 1 is 0.951 bits per heavy atom.